The summed E-state index contributed by atoms with van der Waals surface area (Å²) in [5.41, 5.74) is 5.80. The SMILES string of the molecule is CN1CCC(OC(=O)c2cccc(N)n2)CC1. The predicted molar refractivity (Wildman–Crippen MR) is 64.6 cm³/mol. The summed E-state index contributed by atoms with van der Waals surface area (Å²) in [6, 6.07) is 4.97. The van der Waals surface area contributed by atoms with Gasteiger partial charge >= 0.3 is 5.97 Å². The lowest BCUT2D eigenvalue weighted by atomic mass is 10.1. The van der Waals surface area contributed by atoms with Crippen LogP contribution in [0.25, 0.3) is 0 Å². The van der Waals surface area contributed by atoms with Crippen molar-refractivity contribution in [1.29, 1.82) is 0 Å². The van der Waals surface area contributed by atoms with Crippen LogP contribution in [0.2, 0.25) is 0 Å². The Morgan fingerprint density at radius 1 is 1.47 bits per heavy atom. The second-order valence-electron chi connectivity index (χ2n) is 4.36. The molecule has 0 aliphatic carbocycles. The van der Waals surface area contributed by atoms with Crippen LogP contribution in [0.3, 0.4) is 0 Å². The van der Waals surface area contributed by atoms with Gasteiger partial charge in [0.15, 0.2) is 5.69 Å². The van der Waals surface area contributed by atoms with Crippen molar-refractivity contribution in [1.82, 2.24) is 9.88 Å². The van der Waals surface area contributed by atoms with E-state index >= 15 is 0 Å². The molecule has 5 heteroatoms. The average molecular weight is 235 g/mol. The molecule has 0 aromatic carbocycles. The highest BCUT2D eigenvalue weighted by Gasteiger charge is 2.21. The Morgan fingerprint density at radius 3 is 2.82 bits per heavy atom. The molecule has 0 atom stereocenters. The summed E-state index contributed by atoms with van der Waals surface area (Å²) < 4.78 is 5.40. The van der Waals surface area contributed by atoms with Gasteiger partial charge in [-0.1, -0.05) is 6.07 Å². The van der Waals surface area contributed by atoms with Gasteiger partial charge in [0.25, 0.3) is 0 Å². The van der Waals surface area contributed by atoms with Crippen LogP contribution in [-0.2, 0) is 4.74 Å². The highest BCUT2D eigenvalue weighted by Crippen LogP contribution is 2.14. The van der Waals surface area contributed by atoms with Gasteiger partial charge in [-0.2, -0.15) is 0 Å². The van der Waals surface area contributed by atoms with Crippen molar-refractivity contribution < 1.29 is 9.53 Å². The Kier molecular flexibility index (Phi) is 3.58. The number of esters is 1. The number of pyridine rings is 1. The standard InChI is InChI=1S/C12H17N3O2/c1-15-7-5-9(6-8-15)17-12(16)10-3-2-4-11(13)14-10/h2-4,9H,5-8H2,1H3,(H2,13,14). The Hall–Kier alpha value is -1.62. The molecule has 2 N–H and O–H groups in total. The number of rotatable bonds is 2. The van der Waals surface area contributed by atoms with Crippen LogP contribution in [0, 0.1) is 0 Å². The summed E-state index contributed by atoms with van der Waals surface area (Å²) in [4.78, 5) is 18.0. The topological polar surface area (TPSA) is 68.5 Å². The molecule has 1 aromatic rings. The fraction of sp³-hybridized carbons (Fsp3) is 0.500. The van der Waals surface area contributed by atoms with E-state index in [0.29, 0.717) is 5.82 Å². The maximum atomic E-state index is 11.8. The van der Waals surface area contributed by atoms with Gasteiger partial charge in [-0.15, -0.1) is 0 Å². The van der Waals surface area contributed by atoms with Crippen molar-refractivity contribution in [2.24, 2.45) is 0 Å². The molecule has 0 amide bonds. The van der Waals surface area contributed by atoms with E-state index in [-0.39, 0.29) is 17.8 Å². The molecule has 5 nitrogen and oxygen atoms in total. The molecule has 2 heterocycles. The zero-order valence-electron chi connectivity index (χ0n) is 9.93. The number of aromatic nitrogens is 1. The molecule has 0 saturated carbocycles. The van der Waals surface area contributed by atoms with Crippen LogP contribution in [0.4, 0.5) is 5.82 Å². The molecule has 1 saturated heterocycles. The molecule has 0 radical (unpaired) electrons. The van der Waals surface area contributed by atoms with Gasteiger partial charge in [0.2, 0.25) is 0 Å². The first-order chi connectivity index (χ1) is 8.15. The quantitative estimate of drug-likeness (QED) is 0.772. The number of hydrogen-bond acceptors (Lipinski definition) is 5. The van der Waals surface area contributed by atoms with Gasteiger partial charge in [0, 0.05) is 13.1 Å². The average Bonchev–Trinajstić information content (AvgIpc) is 2.32. The molecular weight excluding hydrogens is 218 g/mol. The number of nitrogen functional groups attached to an aromatic ring is 1. The normalized spacial score (nSPS) is 17.9. The smallest absolute Gasteiger partial charge is 0.357 e. The number of ether oxygens (including phenoxy) is 1. The highest BCUT2D eigenvalue weighted by atomic mass is 16.5. The number of carbonyl (C=O) groups is 1. The van der Waals surface area contributed by atoms with E-state index in [1.807, 2.05) is 0 Å². The van der Waals surface area contributed by atoms with Crippen LogP contribution in [0.15, 0.2) is 18.2 Å². The number of likely N-dealkylation sites (tertiary alicyclic amines) is 1. The first-order valence-corrected chi connectivity index (χ1v) is 5.77. The fourth-order valence-electron chi connectivity index (χ4n) is 1.88. The van der Waals surface area contributed by atoms with E-state index in [0.717, 1.165) is 25.9 Å². The summed E-state index contributed by atoms with van der Waals surface area (Å²) >= 11 is 0. The molecule has 1 aromatic heterocycles. The molecule has 2 rings (SSSR count). The molecule has 92 valence electrons. The third-order valence-corrected chi connectivity index (χ3v) is 2.92. The van der Waals surface area contributed by atoms with Crippen molar-refractivity contribution in [2.75, 3.05) is 25.9 Å². The van der Waals surface area contributed by atoms with Crippen LogP contribution < -0.4 is 5.73 Å². The van der Waals surface area contributed by atoms with Crippen LogP contribution in [0.5, 0.6) is 0 Å². The van der Waals surface area contributed by atoms with Crippen molar-refractivity contribution >= 4 is 11.8 Å². The van der Waals surface area contributed by atoms with Gasteiger partial charge in [-0.05, 0) is 32.0 Å². The molecule has 0 unspecified atom stereocenters. The number of hydrogen-bond donors (Lipinski definition) is 1. The molecule has 17 heavy (non-hydrogen) atoms. The third-order valence-electron chi connectivity index (χ3n) is 2.92. The van der Waals surface area contributed by atoms with E-state index in [2.05, 4.69) is 16.9 Å². The maximum absolute atomic E-state index is 11.8. The summed E-state index contributed by atoms with van der Waals surface area (Å²) in [5.74, 6) is -0.0466. The summed E-state index contributed by atoms with van der Waals surface area (Å²) in [6.07, 6.45) is 1.76. The van der Waals surface area contributed by atoms with Crippen molar-refractivity contribution in [2.45, 2.75) is 18.9 Å². The lowest BCUT2D eigenvalue weighted by Gasteiger charge is -2.28. The van der Waals surface area contributed by atoms with Crippen LogP contribution in [0.1, 0.15) is 23.3 Å². The van der Waals surface area contributed by atoms with E-state index in [1.165, 1.54) is 0 Å². The lowest BCUT2D eigenvalue weighted by Crippen LogP contribution is -2.35. The van der Waals surface area contributed by atoms with Crippen LogP contribution >= 0.6 is 0 Å². The minimum atomic E-state index is -0.383. The Morgan fingerprint density at radius 2 is 2.18 bits per heavy atom. The molecule has 0 bridgehead atoms. The van der Waals surface area contributed by atoms with Gasteiger partial charge in [0.05, 0.1) is 0 Å². The number of anilines is 1. The second kappa shape index (κ2) is 5.14. The Labute approximate surface area is 101 Å². The third kappa shape index (κ3) is 3.17. The van der Waals surface area contributed by atoms with Crippen molar-refractivity contribution in [3.8, 4) is 0 Å². The minimum Gasteiger partial charge on any atom is -0.458 e. The number of nitrogens with two attached hydrogens (primary N) is 1. The van der Waals surface area contributed by atoms with E-state index in [4.69, 9.17) is 10.5 Å². The summed E-state index contributed by atoms with van der Waals surface area (Å²) in [6.45, 7) is 1.92. The number of carbonyl (C=O) groups excluding carboxylic acids is 1. The fourth-order valence-corrected chi connectivity index (χ4v) is 1.88. The summed E-state index contributed by atoms with van der Waals surface area (Å²) in [5, 5.41) is 0. The monoisotopic (exact) mass is 235 g/mol. The maximum Gasteiger partial charge on any atom is 0.357 e. The summed E-state index contributed by atoms with van der Waals surface area (Å²) in [7, 11) is 2.07. The molecule has 1 aliphatic heterocycles. The van der Waals surface area contributed by atoms with Gasteiger partial charge < -0.3 is 15.4 Å². The Bertz CT molecular complexity index is 400. The first-order valence-electron chi connectivity index (χ1n) is 5.77. The predicted octanol–water partition coefficient (Wildman–Crippen LogP) is 0.915. The molecule has 1 aliphatic rings. The number of nitrogens with zero attached hydrogens (tertiary/aromatic N) is 2. The van der Waals surface area contributed by atoms with Gasteiger partial charge in [-0.3, -0.25) is 0 Å². The minimum absolute atomic E-state index is 0.00179. The largest absolute Gasteiger partial charge is 0.458 e. The molecule has 1 fully saturated rings. The van der Waals surface area contributed by atoms with Crippen LogP contribution in [-0.4, -0.2) is 42.1 Å². The van der Waals surface area contributed by atoms with Gasteiger partial charge in [0.1, 0.15) is 11.9 Å². The Balaban J connectivity index is 1.93. The van der Waals surface area contributed by atoms with Gasteiger partial charge in [-0.25, -0.2) is 9.78 Å². The highest BCUT2D eigenvalue weighted by molar-refractivity contribution is 5.87. The lowest BCUT2D eigenvalue weighted by molar-refractivity contribution is 0.0133. The van der Waals surface area contributed by atoms with E-state index in [1.54, 1.807) is 18.2 Å². The molecular formula is C12H17N3O2. The molecule has 0 spiro atoms. The van der Waals surface area contributed by atoms with Crippen molar-refractivity contribution in [3.63, 3.8) is 0 Å². The first kappa shape index (κ1) is 11.9. The van der Waals surface area contributed by atoms with E-state index < -0.39 is 0 Å². The zero-order chi connectivity index (χ0) is 12.3. The second-order valence-corrected chi connectivity index (χ2v) is 4.36. The number of piperidine rings is 1. The van der Waals surface area contributed by atoms with E-state index in [9.17, 15) is 4.79 Å². The zero-order valence-corrected chi connectivity index (χ0v) is 9.93. The van der Waals surface area contributed by atoms with Crippen molar-refractivity contribution in [3.05, 3.63) is 23.9 Å².